The topological polar surface area (TPSA) is 18.0 Å². The van der Waals surface area contributed by atoms with Gasteiger partial charge in [-0.1, -0.05) is 0 Å². The normalized spacial score (nSPS) is 11.9. The summed E-state index contributed by atoms with van der Waals surface area (Å²) >= 11 is 2.67. The molecule has 0 aliphatic rings. The van der Waals surface area contributed by atoms with Gasteiger partial charge < -0.3 is 0 Å². The van der Waals surface area contributed by atoms with E-state index in [-0.39, 0.29) is 0 Å². The molecule has 0 bridgehead atoms. The molecule has 6 rings (SSSR count). The molecule has 5 heteroatoms. The first-order valence-electron chi connectivity index (χ1n) is 10.3. The van der Waals surface area contributed by atoms with Gasteiger partial charge in [-0.15, -0.1) is 0 Å². The summed E-state index contributed by atoms with van der Waals surface area (Å²) in [6.45, 7) is 2.16. The molecule has 0 amide bonds. The molecule has 0 atom stereocenters. The van der Waals surface area contributed by atoms with Crippen molar-refractivity contribution in [3.8, 4) is 11.6 Å². The van der Waals surface area contributed by atoms with Crippen LogP contribution in [0.5, 0.6) is 5.75 Å². The van der Waals surface area contributed by atoms with Crippen LogP contribution in [0.25, 0.3) is 47.9 Å². The number of benzene rings is 3. The van der Waals surface area contributed by atoms with Gasteiger partial charge in [-0.25, -0.2) is 0 Å². The van der Waals surface area contributed by atoms with Crippen LogP contribution in [0.15, 0.2) is 66.7 Å². The first kappa shape index (κ1) is 19.2. The Morgan fingerprint density at radius 1 is 0.903 bits per heavy atom. The number of aryl methyl sites for hydroxylation is 2. The molecule has 31 heavy (non-hydrogen) atoms. The van der Waals surface area contributed by atoms with E-state index in [1.807, 2.05) is 11.3 Å². The van der Waals surface area contributed by atoms with Gasteiger partial charge in [0.25, 0.3) is 0 Å². The molecule has 0 saturated carbocycles. The third-order valence-corrected chi connectivity index (χ3v) is 8.93. The number of methoxy groups -OCH3 is 1. The van der Waals surface area contributed by atoms with Crippen molar-refractivity contribution in [3.05, 3.63) is 72.3 Å². The maximum absolute atomic E-state index is 5.69. The zero-order valence-electron chi connectivity index (χ0n) is 17.6. The van der Waals surface area contributed by atoms with Crippen LogP contribution in [-0.4, -0.2) is 36.4 Å². The second-order valence-electron chi connectivity index (χ2n) is 7.97. The number of hydrogen-bond acceptors (Lipinski definition) is 2. The molecule has 0 aliphatic heterocycles. The zero-order chi connectivity index (χ0) is 21.3. The van der Waals surface area contributed by atoms with Crippen molar-refractivity contribution < 1.29 is 9.30 Å². The van der Waals surface area contributed by atoms with Crippen molar-refractivity contribution in [1.29, 1.82) is 0 Å². The van der Waals surface area contributed by atoms with Gasteiger partial charge in [0.2, 0.25) is 0 Å². The van der Waals surface area contributed by atoms with E-state index in [0.29, 0.717) is 0 Å². The maximum atomic E-state index is 5.69. The molecule has 152 valence electrons. The number of ether oxygens (including phenoxy) is 1. The standard InChI is InChI=1S/C26H20N2OS.Bi.2H/c1-16-22(29-3)14-12-19-17-8-4-6-10-21(17)28(25(16)19)24-15-13-20-18-9-5-7-11-23(18)30-26(20)27(24)2;;;/h5-15H,1-3H3;;;/q+1;;;. The molecule has 0 spiro atoms. The molecule has 0 aliphatic carbocycles. The van der Waals surface area contributed by atoms with Gasteiger partial charge >= 0.3 is 200 Å². The Hall–Kier alpha value is -2.49. The van der Waals surface area contributed by atoms with Crippen molar-refractivity contribution in [2.75, 3.05) is 7.11 Å². The predicted octanol–water partition coefficient (Wildman–Crippen LogP) is 4.55. The van der Waals surface area contributed by atoms with E-state index in [0.717, 1.165) is 30.5 Å². The minimum absolute atomic E-state index is 0.818. The van der Waals surface area contributed by atoms with Gasteiger partial charge in [-0.05, 0) is 0 Å². The number of fused-ring (bicyclic) bond motifs is 6. The van der Waals surface area contributed by atoms with Crippen LogP contribution in [0, 0.1) is 6.92 Å². The molecule has 3 aromatic carbocycles. The van der Waals surface area contributed by atoms with E-state index in [1.54, 1.807) is 7.11 Å². The van der Waals surface area contributed by atoms with Gasteiger partial charge in [-0.3, -0.25) is 0 Å². The van der Waals surface area contributed by atoms with Crippen molar-refractivity contribution in [2.24, 2.45) is 7.05 Å². The van der Waals surface area contributed by atoms with Crippen LogP contribution in [0.1, 0.15) is 5.56 Å². The monoisotopic (exact) mass is 619 g/mol. The zero-order valence-corrected chi connectivity index (χ0v) is 22.9. The van der Waals surface area contributed by atoms with Crippen LogP contribution >= 0.6 is 11.3 Å². The molecule has 0 unspecified atom stereocenters. The average Bonchev–Trinajstić information content (AvgIpc) is 3.31. The van der Waals surface area contributed by atoms with E-state index in [1.165, 1.54) is 56.8 Å². The van der Waals surface area contributed by atoms with E-state index in [9.17, 15) is 0 Å². The Bertz CT molecular complexity index is 1660. The Labute approximate surface area is 199 Å². The third kappa shape index (κ3) is 2.70. The van der Waals surface area contributed by atoms with Gasteiger partial charge in [0.15, 0.2) is 0 Å². The molecular formula is C26H22BiN2OS+. The number of aromatic nitrogens is 2. The second-order valence-corrected chi connectivity index (χ2v) is 11.6. The molecule has 6 aromatic rings. The Morgan fingerprint density at radius 3 is 2.55 bits per heavy atom. The van der Waals surface area contributed by atoms with E-state index in [2.05, 4.69) is 89.8 Å². The number of hydrogen-bond donors (Lipinski definition) is 0. The summed E-state index contributed by atoms with van der Waals surface area (Å²) in [5.41, 5.74) is 3.64. The summed E-state index contributed by atoms with van der Waals surface area (Å²) in [7, 11) is 3.93. The fourth-order valence-corrected chi connectivity index (χ4v) is 6.98. The summed E-state index contributed by atoms with van der Waals surface area (Å²) in [5, 5.41) is 5.24. The molecular weight excluding hydrogens is 597 g/mol. The van der Waals surface area contributed by atoms with Crippen molar-refractivity contribution in [3.63, 3.8) is 0 Å². The Balaban J connectivity index is 1.79. The first-order chi connectivity index (χ1) is 15.1. The number of pyridine rings is 1. The van der Waals surface area contributed by atoms with Crippen LogP contribution < -0.4 is 12.6 Å². The summed E-state index contributed by atoms with van der Waals surface area (Å²) in [5.74, 6) is 2.09. The molecule has 3 aromatic heterocycles. The van der Waals surface area contributed by atoms with Gasteiger partial charge in [0.1, 0.15) is 0 Å². The average molecular weight is 620 g/mol. The van der Waals surface area contributed by atoms with Crippen molar-refractivity contribution >= 4 is 81.4 Å². The summed E-state index contributed by atoms with van der Waals surface area (Å²) in [4.78, 5) is 1.29. The van der Waals surface area contributed by atoms with Crippen LogP contribution in [0.3, 0.4) is 0 Å². The SMILES string of the molecule is COc1ccc2c3c[c]([BiH2])ccc3n(-c3ccc4c5ccccc5sc4[n+]3C)c2c1C. The van der Waals surface area contributed by atoms with Crippen molar-refractivity contribution in [1.82, 2.24) is 4.57 Å². The van der Waals surface area contributed by atoms with E-state index in [4.69, 9.17) is 4.74 Å². The Morgan fingerprint density at radius 2 is 1.71 bits per heavy atom. The van der Waals surface area contributed by atoms with Crippen LogP contribution in [0.4, 0.5) is 0 Å². The minimum atomic E-state index is 0.818. The molecule has 3 heterocycles. The quantitative estimate of drug-likeness (QED) is 0.206. The van der Waals surface area contributed by atoms with Crippen LogP contribution in [-0.2, 0) is 7.05 Å². The third-order valence-electron chi connectivity index (χ3n) is 6.27. The fourth-order valence-electron chi connectivity index (χ4n) is 4.79. The molecule has 0 fully saturated rings. The fraction of sp³-hybridized carbons (Fsp3) is 0.115. The molecule has 3 nitrogen and oxygen atoms in total. The number of nitrogens with zero attached hydrogens (tertiary/aromatic N) is 2. The van der Waals surface area contributed by atoms with Crippen molar-refractivity contribution in [2.45, 2.75) is 6.92 Å². The molecule has 0 radical (unpaired) electrons. The van der Waals surface area contributed by atoms with Gasteiger partial charge in [0.05, 0.1) is 0 Å². The first-order valence-corrected chi connectivity index (χ1v) is 13.3. The summed E-state index contributed by atoms with van der Waals surface area (Å²) in [6, 6.07) is 24.4. The summed E-state index contributed by atoms with van der Waals surface area (Å²) < 4.78 is 13.2. The van der Waals surface area contributed by atoms with Gasteiger partial charge in [0, 0.05) is 0 Å². The van der Waals surface area contributed by atoms with Crippen LogP contribution in [0.2, 0.25) is 0 Å². The number of thiophene rings is 1. The number of rotatable bonds is 2. The van der Waals surface area contributed by atoms with E-state index < -0.39 is 0 Å². The second kappa shape index (κ2) is 7.01. The predicted molar refractivity (Wildman–Crippen MR) is 134 cm³/mol. The molecule has 0 saturated heterocycles. The van der Waals surface area contributed by atoms with Gasteiger partial charge in [-0.2, -0.15) is 0 Å². The Kier molecular flexibility index (Phi) is 4.35. The summed E-state index contributed by atoms with van der Waals surface area (Å²) in [6.07, 6.45) is 0. The van der Waals surface area contributed by atoms with E-state index >= 15 is 0 Å². The molecule has 0 N–H and O–H groups in total.